The van der Waals surface area contributed by atoms with Gasteiger partial charge in [-0.3, -0.25) is 4.79 Å². The van der Waals surface area contributed by atoms with E-state index >= 15 is 0 Å². The van der Waals surface area contributed by atoms with Crippen molar-refractivity contribution in [1.82, 2.24) is 4.98 Å². The average molecular weight is 391 g/mol. The Labute approximate surface area is 163 Å². The van der Waals surface area contributed by atoms with Crippen molar-refractivity contribution < 1.29 is 4.79 Å². The Morgan fingerprint density at radius 1 is 1.38 bits per heavy atom. The lowest BCUT2D eigenvalue weighted by molar-refractivity contribution is 0.102. The molecule has 2 heterocycles. The van der Waals surface area contributed by atoms with Crippen molar-refractivity contribution in [3.05, 3.63) is 47.1 Å². The van der Waals surface area contributed by atoms with E-state index in [4.69, 9.17) is 17.3 Å². The summed E-state index contributed by atoms with van der Waals surface area (Å²) in [6.45, 7) is 2.52. The van der Waals surface area contributed by atoms with Gasteiger partial charge in [-0.05, 0) is 55.8 Å². The number of nitrogens with one attached hydrogen (secondary N) is 1. The second-order valence-electron chi connectivity index (χ2n) is 6.38. The van der Waals surface area contributed by atoms with Crippen LogP contribution in [-0.2, 0) is 0 Å². The molecule has 0 atom stereocenters. The maximum Gasteiger partial charge on any atom is 0.255 e. The van der Waals surface area contributed by atoms with Crippen LogP contribution in [0.25, 0.3) is 0 Å². The monoisotopic (exact) mass is 390 g/mol. The lowest BCUT2D eigenvalue weighted by Crippen LogP contribution is -2.37. The van der Waals surface area contributed by atoms with Crippen LogP contribution >= 0.6 is 23.4 Å². The van der Waals surface area contributed by atoms with Gasteiger partial charge in [-0.25, -0.2) is 4.98 Å². The Morgan fingerprint density at radius 3 is 2.81 bits per heavy atom. The van der Waals surface area contributed by atoms with Crippen molar-refractivity contribution in [3.8, 4) is 0 Å². The predicted octanol–water partition coefficient (Wildman–Crippen LogP) is 3.88. The fourth-order valence-electron chi connectivity index (χ4n) is 3.10. The molecule has 0 spiro atoms. The molecule has 0 aliphatic carbocycles. The van der Waals surface area contributed by atoms with Gasteiger partial charge < -0.3 is 16.0 Å². The number of piperidine rings is 1. The minimum absolute atomic E-state index is 0.189. The van der Waals surface area contributed by atoms with E-state index in [0.717, 1.165) is 48.9 Å². The summed E-state index contributed by atoms with van der Waals surface area (Å²) in [5.74, 6) is 1.19. The second-order valence-corrected chi connectivity index (χ2v) is 7.69. The van der Waals surface area contributed by atoms with Crippen LogP contribution in [0.15, 0.2) is 41.4 Å². The summed E-state index contributed by atoms with van der Waals surface area (Å²) in [5.41, 5.74) is 7.05. The van der Waals surface area contributed by atoms with Crippen molar-refractivity contribution in [3.63, 3.8) is 0 Å². The van der Waals surface area contributed by atoms with Gasteiger partial charge >= 0.3 is 0 Å². The number of aromatic nitrogens is 1. The number of hydrogen-bond donors (Lipinski definition) is 2. The molecule has 1 aromatic heterocycles. The summed E-state index contributed by atoms with van der Waals surface area (Å²) >= 11 is 7.60. The third kappa shape index (κ3) is 4.50. The summed E-state index contributed by atoms with van der Waals surface area (Å²) in [5, 5.41) is 3.55. The highest BCUT2D eigenvalue weighted by Gasteiger charge is 2.22. The molecule has 0 saturated carbocycles. The fraction of sp³-hybridized carbons (Fsp3) is 0.368. The third-order valence-corrected chi connectivity index (χ3v) is 5.59. The van der Waals surface area contributed by atoms with E-state index in [-0.39, 0.29) is 5.91 Å². The van der Waals surface area contributed by atoms with E-state index in [1.165, 1.54) is 0 Å². The number of rotatable bonds is 5. The zero-order valence-electron chi connectivity index (χ0n) is 14.7. The van der Waals surface area contributed by atoms with Crippen LogP contribution in [0.1, 0.15) is 23.2 Å². The van der Waals surface area contributed by atoms with Crippen LogP contribution in [0.3, 0.4) is 0 Å². The molecule has 1 amide bonds. The number of halogens is 1. The molecule has 1 aliphatic heterocycles. The van der Waals surface area contributed by atoms with Crippen molar-refractivity contribution >= 4 is 40.8 Å². The van der Waals surface area contributed by atoms with Crippen molar-refractivity contribution in [1.29, 1.82) is 0 Å². The molecule has 3 N–H and O–H groups in total. The van der Waals surface area contributed by atoms with Crippen molar-refractivity contribution in [2.75, 3.05) is 36.1 Å². The van der Waals surface area contributed by atoms with Crippen LogP contribution in [-0.4, -0.2) is 36.8 Å². The van der Waals surface area contributed by atoms with E-state index in [2.05, 4.69) is 15.2 Å². The number of pyridine rings is 1. The second kappa shape index (κ2) is 8.75. The summed E-state index contributed by atoms with van der Waals surface area (Å²) in [6, 6.07) is 8.91. The number of thioether (sulfide) groups is 1. The molecule has 1 aromatic carbocycles. The van der Waals surface area contributed by atoms with Gasteiger partial charge in [-0.15, -0.1) is 11.8 Å². The molecule has 3 rings (SSSR count). The minimum Gasteiger partial charge on any atom is -0.355 e. The predicted molar refractivity (Wildman–Crippen MR) is 109 cm³/mol. The molecule has 0 unspecified atom stereocenters. The van der Waals surface area contributed by atoms with E-state index in [9.17, 15) is 4.79 Å². The highest BCUT2D eigenvalue weighted by Crippen LogP contribution is 2.31. The van der Waals surface area contributed by atoms with E-state index in [1.807, 2.05) is 18.5 Å². The quantitative estimate of drug-likeness (QED) is 0.758. The maximum absolute atomic E-state index is 12.7. The van der Waals surface area contributed by atoms with Gasteiger partial charge in [-0.1, -0.05) is 17.7 Å². The van der Waals surface area contributed by atoms with Gasteiger partial charge in [0.15, 0.2) is 5.82 Å². The summed E-state index contributed by atoms with van der Waals surface area (Å²) in [6.07, 6.45) is 5.93. The first kappa shape index (κ1) is 19.0. The Kier molecular flexibility index (Phi) is 6.40. The fourth-order valence-corrected chi connectivity index (χ4v) is 3.68. The molecule has 138 valence electrons. The standard InChI is InChI=1S/C19H23ClN4OS/c1-26-16-10-17(23-19(25)14-3-2-4-15(20)9-14)18(22-12-16)24-7-5-13(11-21)6-8-24/h2-4,9-10,12-13H,5-8,11,21H2,1H3,(H,23,25). The minimum atomic E-state index is -0.189. The zero-order chi connectivity index (χ0) is 18.5. The summed E-state index contributed by atoms with van der Waals surface area (Å²) in [7, 11) is 0. The van der Waals surface area contributed by atoms with Gasteiger partial charge in [0, 0.05) is 34.8 Å². The molecule has 1 saturated heterocycles. The van der Waals surface area contributed by atoms with Crippen molar-refractivity contribution in [2.24, 2.45) is 11.7 Å². The molecule has 26 heavy (non-hydrogen) atoms. The van der Waals surface area contributed by atoms with E-state index in [0.29, 0.717) is 16.5 Å². The summed E-state index contributed by atoms with van der Waals surface area (Å²) in [4.78, 5) is 20.5. The third-order valence-electron chi connectivity index (χ3n) is 4.66. The molecular weight excluding hydrogens is 368 g/mol. The number of amides is 1. The first-order valence-corrected chi connectivity index (χ1v) is 10.3. The molecule has 2 aromatic rings. The lowest BCUT2D eigenvalue weighted by Gasteiger charge is -2.33. The van der Waals surface area contributed by atoms with Crippen LogP contribution < -0.4 is 16.0 Å². The Hall–Kier alpha value is -1.76. The van der Waals surface area contributed by atoms with E-state index < -0.39 is 0 Å². The van der Waals surface area contributed by atoms with Gasteiger partial charge in [-0.2, -0.15) is 0 Å². The molecule has 0 radical (unpaired) electrons. The first-order chi connectivity index (χ1) is 12.6. The number of anilines is 2. The first-order valence-electron chi connectivity index (χ1n) is 8.66. The highest BCUT2D eigenvalue weighted by atomic mass is 35.5. The average Bonchev–Trinajstić information content (AvgIpc) is 2.68. The Balaban J connectivity index is 1.84. The lowest BCUT2D eigenvalue weighted by atomic mass is 9.97. The van der Waals surface area contributed by atoms with E-state index in [1.54, 1.807) is 36.0 Å². The van der Waals surface area contributed by atoms with Crippen LogP contribution in [0.5, 0.6) is 0 Å². The van der Waals surface area contributed by atoms with Crippen LogP contribution in [0.2, 0.25) is 5.02 Å². The SMILES string of the molecule is CSc1cnc(N2CCC(CN)CC2)c(NC(=O)c2cccc(Cl)c2)c1. The van der Waals surface area contributed by atoms with Gasteiger partial charge in [0.1, 0.15) is 0 Å². The van der Waals surface area contributed by atoms with Gasteiger partial charge in [0.25, 0.3) is 5.91 Å². The molecular formula is C19H23ClN4OS. The molecule has 1 fully saturated rings. The normalized spacial score (nSPS) is 15.1. The van der Waals surface area contributed by atoms with Gasteiger partial charge in [0.2, 0.25) is 0 Å². The zero-order valence-corrected chi connectivity index (χ0v) is 16.3. The molecule has 0 bridgehead atoms. The largest absolute Gasteiger partial charge is 0.355 e. The van der Waals surface area contributed by atoms with Gasteiger partial charge in [0.05, 0.1) is 5.69 Å². The molecule has 7 heteroatoms. The number of nitrogens with zero attached hydrogens (tertiary/aromatic N) is 2. The topological polar surface area (TPSA) is 71.2 Å². The smallest absolute Gasteiger partial charge is 0.255 e. The highest BCUT2D eigenvalue weighted by molar-refractivity contribution is 7.98. The van der Waals surface area contributed by atoms with Crippen LogP contribution in [0.4, 0.5) is 11.5 Å². The Bertz CT molecular complexity index is 778. The number of carbonyl (C=O) groups excluding carboxylic acids is 1. The summed E-state index contributed by atoms with van der Waals surface area (Å²) < 4.78 is 0. The van der Waals surface area contributed by atoms with Crippen LogP contribution in [0, 0.1) is 5.92 Å². The number of benzene rings is 1. The Morgan fingerprint density at radius 2 is 2.15 bits per heavy atom. The maximum atomic E-state index is 12.7. The number of nitrogens with two attached hydrogens (primary N) is 1. The molecule has 5 nitrogen and oxygen atoms in total. The number of carbonyl (C=O) groups is 1. The molecule has 1 aliphatic rings. The number of hydrogen-bond acceptors (Lipinski definition) is 5. The van der Waals surface area contributed by atoms with Crippen molar-refractivity contribution in [2.45, 2.75) is 17.7 Å².